The predicted molar refractivity (Wildman–Crippen MR) is 167 cm³/mol. The van der Waals surface area contributed by atoms with E-state index in [4.69, 9.17) is 9.97 Å². The molecule has 0 aliphatic carbocycles. The van der Waals surface area contributed by atoms with Gasteiger partial charge in [0.25, 0.3) is 0 Å². The van der Waals surface area contributed by atoms with Gasteiger partial charge in [-0.05, 0) is 41.2 Å². The number of aromatic amines is 2. The van der Waals surface area contributed by atoms with Crippen molar-refractivity contribution in [3.63, 3.8) is 0 Å². The third-order valence-electron chi connectivity index (χ3n) is 7.31. The molecular formula is C36H28N6. The van der Waals surface area contributed by atoms with E-state index in [-0.39, 0.29) is 0 Å². The average molecular weight is 545 g/mol. The maximum Gasteiger partial charge on any atom is 0.181 e. The molecule has 7 aromatic rings. The van der Waals surface area contributed by atoms with Crippen LogP contribution in [0.15, 0.2) is 133 Å². The fourth-order valence-electron chi connectivity index (χ4n) is 5.06. The highest BCUT2D eigenvalue weighted by Crippen LogP contribution is 2.26. The highest BCUT2D eigenvalue weighted by molar-refractivity contribution is 5.69. The fourth-order valence-corrected chi connectivity index (χ4v) is 5.06. The van der Waals surface area contributed by atoms with Gasteiger partial charge in [-0.15, -0.1) is 0 Å². The molecule has 0 radical (unpaired) electrons. The molecule has 0 bridgehead atoms. The summed E-state index contributed by atoms with van der Waals surface area (Å²) in [5, 5.41) is 15.2. The SMILES string of the molecule is c1ccc(Cc2ccc(-c3nc(-c4cccc(-c5n[nH]c(-c6ccc(Cc7ccccc7)cc6)n5)c4)n[nH]3)cc2)cc1. The summed E-state index contributed by atoms with van der Waals surface area (Å²) in [7, 11) is 0. The molecule has 2 aromatic heterocycles. The number of nitrogens with zero attached hydrogens (tertiary/aromatic N) is 4. The first-order chi connectivity index (χ1) is 20.8. The maximum atomic E-state index is 4.77. The normalized spacial score (nSPS) is 11.0. The second-order valence-electron chi connectivity index (χ2n) is 10.3. The van der Waals surface area contributed by atoms with E-state index in [2.05, 4.69) is 117 Å². The zero-order valence-corrected chi connectivity index (χ0v) is 22.9. The smallest absolute Gasteiger partial charge is 0.181 e. The van der Waals surface area contributed by atoms with Crippen LogP contribution in [0.3, 0.4) is 0 Å². The van der Waals surface area contributed by atoms with Crippen LogP contribution in [0.1, 0.15) is 22.3 Å². The lowest BCUT2D eigenvalue weighted by molar-refractivity contribution is 1.09. The van der Waals surface area contributed by atoms with Crippen molar-refractivity contribution < 1.29 is 0 Å². The Morgan fingerprint density at radius 3 is 1.21 bits per heavy atom. The molecule has 0 atom stereocenters. The monoisotopic (exact) mass is 544 g/mol. The summed E-state index contributed by atoms with van der Waals surface area (Å²) in [6, 6.07) is 45.9. The number of aromatic nitrogens is 6. The number of benzene rings is 5. The Kier molecular flexibility index (Phi) is 6.92. The van der Waals surface area contributed by atoms with E-state index in [9.17, 15) is 0 Å². The molecule has 6 heteroatoms. The van der Waals surface area contributed by atoms with Crippen LogP contribution in [0.4, 0.5) is 0 Å². The van der Waals surface area contributed by atoms with E-state index in [0.717, 1.165) is 46.7 Å². The number of nitrogens with one attached hydrogen (secondary N) is 2. The van der Waals surface area contributed by atoms with Crippen LogP contribution in [0.2, 0.25) is 0 Å². The van der Waals surface area contributed by atoms with Crippen molar-refractivity contribution in [1.29, 1.82) is 0 Å². The average Bonchev–Trinajstić information content (AvgIpc) is 3.75. The van der Waals surface area contributed by atoms with Gasteiger partial charge in [0.05, 0.1) is 0 Å². The minimum atomic E-state index is 0.630. The molecule has 0 saturated heterocycles. The Hall–Kier alpha value is -5.62. The van der Waals surface area contributed by atoms with Gasteiger partial charge < -0.3 is 0 Å². The van der Waals surface area contributed by atoms with Crippen LogP contribution in [-0.2, 0) is 12.8 Å². The molecule has 0 fully saturated rings. The standard InChI is InChI=1S/C36H28N6/c1-3-8-25(9-4-1)22-27-14-18-29(19-15-27)33-37-35(41-39-33)31-12-7-13-32(24-31)36-38-34(40-42-36)30-20-16-28(17-21-30)23-26-10-5-2-6-11-26/h1-21,24H,22-23H2,(H,37,39,41)(H,38,40,42). The van der Waals surface area contributed by atoms with Crippen LogP contribution in [0.25, 0.3) is 45.6 Å². The fraction of sp³-hybridized carbons (Fsp3) is 0.0556. The van der Waals surface area contributed by atoms with Gasteiger partial charge in [0.2, 0.25) is 0 Å². The second kappa shape index (κ2) is 11.5. The quantitative estimate of drug-likeness (QED) is 0.205. The summed E-state index contributed by atoms with van der Waals surface area (Å²) in [4.78, 5) is 9.55. The van der Waals surface area contributed by atoms with Crippen LogP contribution >= 0.6 is 0 Å². The van der Waals surface area contributed by atoms with E-state index >= 15 is 0 Å². The predicted octanol–water partition coefficient (Wildman–Crippen LogP) is 7.77. The lowest BCUT2D eigenvalue weighted by Gasteiger charge is -2.03. The molecule has 0 amide bonds. The van der Waals surface area contributed by atoms with Crippen LogP contribution in [0, 0.1) is 0 Å². The number of rotatable bonds is 8. The zero-order chi connectivity index (χ0) is 28.1. The summed E-state index contributed by atoms with van der Waals surface area (Å²) in [5.41, 5.74) is 8.88. The third kappa shape index (κ3) is 5.64. The van der Waals surface area contributed by atoms with Crippen molar-refractivity contribution in [2.75, 3.05) is 0 Å². The van der Waals surface area contributed by atoms with Gasteiger partial charge in [0.15, 0.2) is 23.3 Å². The number of H-pyrrole nitrogens is 2. The van der Waals surface area contributed by atoms with Gasteiger partial charge in [-0.25, -0.2) is 9.97 Å². The van der Waals surface area contributed by atoms with Crippen molar-refractivity contribution in [3.05, 3.63) is 156 Å². The molecule has 0 saturated carbocycles. The first-order valence-electron chi connectivity index (χ1n) is 14.0. The minimum absolute atomic E-state index is 0.630. The van der Waals surface area contributed by atoms with Crippen molar-refractivity contribution in [3.8, 4) is 45.6 Å². The molecule has 7 rings (SSSR count). The van der Waals surface area contributed by atoms with E-state index in [1.54, 1.807) is 0 Å². The number of hydrogen-bond acceptors (Lipinski definition) is 4. The summed E-state index contributed by atoms with van der Waals surface area (Å²) in [6.07, 6.45) is 1.80. The molecule has 0 aliphatic rings. The van der Waals surface area contributed by atoms with Crippen LogP contribution in [-0.4, -0.2) is 30.4 Å². The highest BCUT2D eigenvalue weighted by Gasteiger charge is 2.12. The first kappa shape index (κ1) is 25.4. The van der Waals surface area contributed by atoms with Gasteiger partial charge in [0.1, 0.15) is 0 Å². The second-order valence-corrected chi connectivity index (χ2v) is 10.3. The third-order valence-corrected chi connectivity index (χ3v) is 7.31. The van der Waals surface area contributed by atoms with Gasteiger partial charge in [-0.1, -0.05) is 127 Å². The van der Waals surface area contributed by atoms with E-state index < -0.39 is 0 Å². The topological polar surface area (TPSA) is 83.1 Å². The number of hydrogen-bond donors (Lipinski definition) is 2. The summed E-state index contributed by atoms with van der Waals surface area (Å²) in [5.74, 6) is 2.73. The molecule has 5 aromatic carbocycles. The van der Waals surface area contributed by atoms with Crippen molar-refractivity contribution >= 4 is 0 Å². The largest absolute Gasteiger partial charge is 0.259 e. The van der Waals surface area contributed by atoms with Crippen molar-refractivity contribution in [2.45, 2.75) is 12.8 Å². The van der Waals surface area contributed by atoms with Gasteiger partial charge in [-0.2, -0.15) is 10.2 Å². The molecule has 2 heterocycles. The Bertz CT molecular complexity index is 1770. The van der Waals surface area contributed by atoms with E-state index in [0.29, 0.717) is 11.6 Å². The van der Waals surface area contributed by atoms with Crippen LogP contribution in [0.5, 0.6) is 0 Å². The molecule has 202 valence electrons. The molecule has 6 nitrogen and oxygen atoms in total. The van der Waals surface area contributed by atoms with Gasteiger partial charge in [0, 0.05) is 22.3 Å². The molecule has 0 aliphatic heterocycles. The summed E-state index contributed by atoms with van der Waals surface area (Å²) >= 11 is 0. The Balaban J connectivity index is 1.05. The Morgan fingerprint density at radius 1 is 0.381 bits per heavy atom. The maximum absolute atomic E-state index is 4.77. The minimum Gasteiger partial charge on any atom is -0.259 e. The van der Waals surface area contributed by atoms with Gasteiger partial charge >= 0.3 is 0 Å². The molecule has 42 heavy (non-hydrogen) atoms. The lowest BCUT2D eigenvalue weighted by atomic mass is 10.0. The summed E-state index contributed by atoms with van der Waals surface area (Å²) in [6.45, 7) is 0. The van der Waals surface area contributed by atoms with Crippen molar-refractivity contribution in [1.82, 2.24) is 30.4 Å². The Morgan fingerprint density at radius 2 is 0.786 bits per heavy atom. The van der Waals surface area contributed by atoms with Crippen LogP contribution < -0.4 is 0 Å². The first-order valence-corrected chi connectivity index (χ1v) is 14.0. The molecule has 0 unspecified atom stereocenters. The Labute approximate surface area is 244 Å². The molecular weight excluding hydrogens is 516 g/mol. The summed E-state index contributed by atoms with van der Waals surface area (Å²) < 4.78 is 0. The van der Waals surface area contributed by atoms with E-state index in [1.165, 1.54) is 22.3 Å². The van der Waals surface area contributed by atoms with Gasteiger partial charge in [-0.3, -0.25) is 10.2 Å². The van der Waals surface area contributed by atoms with E-state index in [1.807, 2.05) is 36.4 Å². The molecule has 0 spiro atoms. The zero-order valence-electron chi connectivity index (χ0n) is 22.9. The van der Waals surface area contributed by atoms with Crippen molar-refractivity contribution in [2.24, 2.45) is 0 Å². The highest BCUT2D eigenvalue weighted by atomic mass is 15.2. The molecule has 2 N–H and O–H groups in total. The lowest BCUT2D eigenvalue weighted by Crippen LogP contribution is -1.88.